The first-order chi connectivity index (χ1) is 17.7. The molecule has 4 aliphatic carbocycles. The number of hydrogen-bond acceptors (Lipinski definition) is 7. The molecule has 3 atom stereocenters. The van der Waals surface area contributed by atoms with Gasteiger partial charge in [-0.3, -0.25) is 14.4 Å². The van der Waals surface area contributed by atoms with Crippen LogP contribution < -0.4 is 5.73 Å². The van der Waals surface area contributed by atoms with Crippen molar-refractivity contribution in [3.63, 3.8) is 0 Å². The molecule has 6 N–H and O–H groups in total. The highest BCUT2D eigenvalue weighted by molar-refractivity contribution is 6.26. The number of fused-ring (bicyclic) bond motifs is 4. The zero-order valence-electron chi connectivity index (χ0n) is 21.9. The number of phenolic OH excluding ortho intramolecular Hbond substituents is 2. The molecule has 0 saturated carbocycles. The number of nitrogens with two attached hydrogens (primary N) is 1. The molecule has 0 unspecified atom stereocenters. The van der Waals surface area contributed by atoms with E-state index in [0.29, 0.717) is 17.4 Å². The third kappa shape index (κ3) is 2.61. The molecule has 0 fully saturated rings. The third-order valence-corrected chi connectivity index (χ3v) is 10.00. The minimum atomic E-state index is -2.36. The Morgan fingerprint density at radius 3 is 2.37 bits per heavy atom. The van der Waals surface area contributed by atoms with Crippen LogP contribution in [0, 0.1) is 18.3 Å². The van der Waals surface area contributed by atoms with Crippen LogP contribution in [0.5, 0.6) is 11.5 Å². The molecule has 4 aliphatic rings. The van der Waals surface area contributed by atoms with Crippen molar-refractivity contribution in [3.8, 4) is 11.5 Å². The van der Waals surface area contributed by atoms with Crippen molar-refractivity contribution in [2.24, 2.45) is 17.1 Å². The predicted molar refractivity (Wildman–Crippen MR) is 139 cm³/mol. The maximum Gasteiger partial charge on any atom is 0.248 e. The maximum absolute atomic E-state index is 14.2. The van der Waals surface area contributed by atoms with Gasteiger partial charge in [0.2, 0.25) is 5.91 Å². The third-order valence-electron chi connectivity index (χ3n) is 10.00. The topological polar surface area (TPSA) is 158 Å². The van der Waals surface area contributed by atoms with Gasteiger partial charge in [-0.15, -0.1) is 0 Å². The van der Waals surface area contributed by atoms with E-state index < -0.39 is 58.8 Å². The molecule has 1 amide bonds. The fourth-order valence-corrected chi connectivity index (χ4v) is 8.07. The molecule has 2 aromatic rings. The molecule has 8 heteroatoms. The summed E-state index contributed by atoms with van der Waals surface area (Å²) >= 11 is 0. The summed E-state index contributed by atoms with van der Waals surface area (Å²) in [5.41, 5.74) is 5.04. The molecule has 198 valence electrons. The molecule has 0 bridgehead atoms. The number of benzene rings is 2. The Labute approximate surface area is 219 Å². The van der Waals surface area contributed by atoms with E-state index in [-0.39, 0.29) is 33.3 Å². The van der Waals surface area contributed by atoms with E-state index in [4.69, 9.17) is 5.73 Å². The maximum atomic E-state index is 14.2. The second-order valence-corrected chi connectivity index (χ2v) is 12.1. The van der Waals surface area contributed by atoms with Crippen LogP contribution in [0.15, 0.2) is 29.0 Å². The van der Waals surface area contributed by atoms with Crippen LogP contribution in [-0.2, 0) is 16.6 Å². The van der Waals surface area contributed by atoms with E-state index in [0.717, 1.165) is 29.5 Å². The fourth-order valence-electron chi connectivity index (χ4n) is 8.07. The van der Waals surface area contributed by atoms with Crippen LogP contribution in [0.1, 0.15) is 83.9 Å². The van der Waals surface area contributed by atoms with Crippen LogP contribution in [-0.4, -0.2) is 43.5 Å². The average molecular weight is 518 g/mol. The Balaban J connectivity index is 1.72. The number of carbonyl (C=O) groups is 3. The summed E-state index contributed by atoms with van der Waals surface area (Å²) < 4.78 is 0. The lowest BCUT2D eigenvalue weighted by atomic mass is 9.53. The minimum absolute atomic E-state index is 0.0299. The smallest absolute Gasteiger partial charge is 0.248 e. The largest absolute Gasteiger partial charge is 0.512 e. The molecule has 0 saturated heterocycles. The zero-order chi connectivity index (χ0) is 27.7. The van der Waals surface area contributed by atoms with Crippen molar-refractivity contribution >= 4 is 28.2 Å². The summed E-state index contributed by atoms with van der Waals surface area (Å²) in [6.45, 7) is 8.33. The standard InChI is InChI=1S/C30H31NO7/c1-12-8-18(33)21-19-15(10-29(23(12)19)13(2)6-5-7-28(29,3)4)20-22(25(21)35)26(36)30(38)11-14(27(31)37)17(32)9-16(30)24(20)34/h6,8,16,32-33,35,38H,5,7,9-11H2,1-4H3,(H2,31,37)/t16-,29-,30+/m1/s1. The number of aryl methyl sites for hydroxylation is 1. The number of Topliss-reactive ketones (excluding diaryl/α,β-unsaturated/α-hetero) is 2. The summed E-state index contributed by atoms with van der Waals surface area (Å²) in [5, 5.41) is 45.3. The quantitative estimate of drug-likeness (QED) is 0.358. The first-order valence-electron chi connectivity index (χ1n) is 12.9. The van der Waals surface area contributed by atoms with Gasteiger partial charge in [0.1, 0.15) is 22.9 Å². The summed E-state index contributed by atoms with van der Waals surface area (Å²) in [4.78, 5) is 40.0. The van der Waals surface area contributed by atoms with Crippen molar-refractivity contribution < 1.29 is 34.8 Å². The summed E-state index contributed by atoms with van der Waals surface area (Å²) in [7, 11) is 0. The van der Waals surface area contributed by atoms with Crippen LogP contribution in [0.25, 0.3) is 10.8 Å². The Hall–Kier alpha value is -3.65. The van der Waals surface area contributed by atoms with E-state index in [2.05, 4.69) is 26.8 Å². The highest BCUT2D eigenvalue weighted by Crippen LogP contribution is 2.64. The lowest BCUT2D eigenvalue weighted by Crippen LogP contribution is -2.56. The van der Waals surface area contributed by atoms with Crippen molar-refractivity contribution in [2.75, 3.05) is 0 Å². The molecular formula is C30H31NO7. The van der Waals surface area contributed by atoms with Crippen molar-refractivity contribution in [1.82, 2.24) is 0 Å². The monoisotopic (exact) mass is 517 g/mol. The number of rotatable bonds is 1. The number of phenols is 2. The van der Waals surface area contributed by atoms with E-state index >= 15 is 0 Å². The van der Waals surface area contributed by atoms with Gasteiger partial charge in [0.25, 0.3) is 0 Å². The number of amides is 1. The molecule has 38 heavy (non-hydrogen) atoms. The minimum Gasteiger partial charge on any atom is -0.512 e. The van der Waals surface area contributed by atoms with Crippen LogP contribution in [0.4, 0.5) is 0 Å². The zero-order valence-corrected chi connectivity index (χ0v) is 21.9. The van der Waals surface area contributed by atoms with Gasteiger partial charge in [-0.2, -0.15) is 0 Å². The van der Waals surface area contributed by atoms with E-state index in [9.17, 15) is 34.8 Å². The number of aromatic hydroxyl groups is 2. The first-order valence-corrected chi connectivity index (χ1v) is 12.9. The number of carbonyl (C=O) groups excluding carboxylic acids is 3. The molecule has 1 spiro atoms. The average Bonchev–Trinajstić information content (AvgIpc) is 3.18. The normalized spacial score (nSPS) is 29.5. The fraction of sp³-hybridized carbons (Fsp3) is 0.433. The molecular weight excluding hydrogens is 486 g/mol. The highest BCUT2D eigenvalue weighted by Gasteiger charge is 2.60. The van der Waals surface area contributed by atoms with E-state index in [1.54, 1.807) is 6.07 Å². The second-order valence-electron chi connectivity index (χ2n) is 12.1. The van der Waals surface area contributed by atoms with E-state index in [1.165, 1.54) is 0 Å². The highest BCUT2D eigenvalue weighted by atomic mass is 16.3. The first kappa shape index (κ1) is 24.7. The summed E-state index contributed by atoms with van der Waals surface area (Å²) in [6, 6.07) is 1.58. The summed E-state index contributed by atoms with van der Waals surface area (Å²) in [6.07, 6.45) is 3.32. The van der Waals surface area contributed by atoms with Gasteiger partial charge in [-0.05, 0) is 66.7 Å². The number of hydrogen-bond donors (Lipinski definition) is 5. The number of aliphatic hydroxyl groups excluding tert-OH is 1. The summed E-state index contributed by atoms with van der Waals surface area (Å²) in [5.74, 6) is -5.04. The van der Waals surface area contributed by atoms with Crippen LogP contribution in [0.3, 0.4) is 0 Å². The van der Waals surface area contributed by atoms with Gasteiger partial charge < -0.3 is 26.2 Å². The molecule has 0 aromatic heterocycles. The van der Waals surface area contributed by atoms with Crippen molar-refractivity contribution in [1.29, 1.82) is 0 Å². The number of primary amides is 1. The van der Waals surface area contributed by atoms with E-state index in [1.807, 2.05) is 6.92 Å². The lowest BCUT2D eigenvalue weighted by Gasteiger charge is -2.50. The number of ketones is 2. The Kier molecular flexibility index (Phi) is 4.71. The van der Waals surface area contributed by atoms with Gasteiger partial charge in [0.05, 0.1) is 22.4 Å². The van der Waals surface area contributed by atoms with Crippen LogP contribution >= 0.6 is 0 Å². The SMILES string of the molecule is CC1=CCCC(C)(C)[C@]12Cc1c3c(c(O)c4c(O)cc(C)c2c14)C(=O)[C@]1(O)CC(C(N)=O)=C(O)C[C@@H]1C3=O. The van der Waals surface area contributed by atoms with Crippen LogP contribution in [0.2, 0.25) is 0 Å². The molecule has 6 rings (SSSR count). The molecule has 2 aromatic carbocycles. The molecule has 0 heterocycles. The van der Waals surface area contributed by atoms with Crippen molar-refractivity contribution in [3.05, 3.63) is 56.9 Å². The second kappa shape index (κ2) is 7.26. The van der Waals surface area contributed by atoms with Gasteiger partial charge in [0, 0.05) is 23.8 Å². The Morgan fingerprint density at radius 1 is 1.05 bits per heavy atom. The van der Waals surface area contributed by atoms with Gasteiger partial charge in [-0.25, -0.2) is 0 Å². The predicted octanol–water partition coefficient (Wildman–Crippen LogP) is 3.94. The van der Waals surface area contributed by atoms with Gasteiger partial charge >= 0.3 is 0 Å². The Bertz CT molecular complexity index is 1610. The van der Waals surface area contributed by atoms with Gasteiger partial charge in [0.15, 0.2) is 11.6 Å². The number of aliphatic hydroxyl groups is 2. The Morgan fingerprint density at radius 2 is 1.74 bits per heavy atom. The van der Waals surface area contributed by atoms with Gasteiger partial charge in [-0.1, -0.05) is 25.5 Å². The molecule has 0 radical (unpaired) electrons. The lowest BCUT2D eigenvalue weighted by molar-refractivity contribution is -0.116. The van der Waals surface area contributed by atoms with Crippen molar-refractivity contribution in [2.45, 2.75) is 70.8 Å². The number of allylic oxidation sites excluding steroid dienone is 3. The molecule has 8 nitrogen and oxygen atoms in total. The molecule has 0 aliphatic heterocycles.